The van der Waals surface area contributed by atoms with Gasteiger partial charge >= 0.3 is 0 Å². The molecule has 0 atom stereocenters. The molecule has 1 fully saturated rings. The summed E-state index contributed by atoms with van der Waals surface area (Å²) in [5.74, 6) is -0.198. The molecule has 1 aliphatic rings. The van der Waals surface area contributed by atoms with Crippen molar-refractivity contribution >= 4 is 45.5 Å². The van der Waals surface area contributed by atoms with Gasteiger partial charge in [0, 0.05) is 12.1 Å². The molecule has 8 nitrogen and oxygen atoms in total. The molecule has 25 heavy (non-hydrogen) atoms. The second kappa shape index (κ2) is 7.36. The Morgan fingerprint density at radius 3 is 2.84 bits per heavy atom. The van der Waals surface area contributed by atoms with Gasteiger partial charge in [-0.1, -0.05) is 29.2 Å². The van der Waals surface area contributed by atoms with Gasteiger partial charge in [0.2, 0.25) is 11.0 Å². The number of anilines is 2. The molecule has 1 aromatic carbocycles. The second-order valence-corrected chi connectivity index (χ2v) is 7.99. The van der Waals surface area contributed by atoms with Crippen molar-refractivity contribution < 1.29 is 9.72 Å². The van der Waals surface area contributed by atoms with Crippen LogP contribution in [0.2, 0.25) is 0 Å². The second-order valence-electron chi connectivity index (χ2n) is 5.79. The minimum Gasteiger partial charge on any atom is -0.357 e. The van der Waals surface area contributed by atoms with E-state index in [4.69, 9.17) is 0 Å². The number of nitro benzene ring substituents is 1. The summed E-state index contributed by atoms with van der Waals surface area (Å²) in [5, 5.41) is 25.9. The van der Waals surface area contributed by atoms with Crippen LogP contribution in [0.15, 0.2) is 16.5 Å². The van der Waals surface area contributed by atoms with Crippen molar-refractivity contribution in [1.82, 2.24) is 10.2 Å². The molecule has 0 unspecified atom stereocenters. The zero-order valence-electron chi connectivity index (χ0n) is 13.7. The number of thioether (sulfide) groups is 1. The first-order valence-electron chi connectivity index (χ1n) is 7.71. The van der Waals surface area contributed by atoms with Crippen molar-refractivity contribution in [3.05, 3.63) is 33.4 Å². The number of aryl methyl sites for hydroxylation is 1. The molecule has 1 heterocycles. The van der Waals surface area contributed by atoms with Gasteiger partial charge in [0.1, 0.15) is 5.69 Å². The van der Waals surface area contributed by atoms with Crippen molar-refractivity contribution in [3.8, 4) is 0 Å². The fraction of sp³-hybridized carbons (Fsp3) is 0.400. The van der Waals surface area contributed by atoms with Gasteiger partial charge in [-0.2, -0.15) is 0 Å². The molecule has 1 amide bonds. The summed E-state index contributed by atoms with van der Waals surface area (Å²) < 4.78 is 0.689. The topological polar surface area (TPSA) is 110 Å². The highest BCUT2D eigenvalue weighted by Crippen LogP contribution is 2.32. The number of hydrogen-bond donors (Lipinski definition) is 2. The molecule has 0 radical (unpaired) electrons. The van der Waals surface area contributed by atoms with E-state index in [-0.39, 0.29) is 23.0 Å². The highest BCUT2D eigenvalue weighted by atomic mass is 32.2. The summed E-state index contributed by atoms with van der Waals surface area (Å²) in [6.45, 7) is 3.60. The fourth-order valence-corrected chi connectivity index (χ4v) is 3.77. The van der Waals surface area contributed by atoms with Crippen LogP contribution in [0.1, 0.15) is 24.0 Å². The van der Waals surface area contributed by atoms with Gasteiger partial charge in [-0.3, -0.25) is 14.9 Å². The zero-order valence-corrected chi connectivity index (χ0v) is 15.4. The smallest absolute Gasteiger partial charge is 0.293 e. The first kappa shape index (κ1) is 17.6. The van der Waals surface area contributed by atoms with Crippen molar-refractivity contribution in [2.75, 3.05) is 16.4 Å². The average molecular weight is 379 g/mol. The van der Waals surface area contributed by atoms with Crippen LogP contribution in [0.25, 0.3) is 0 Å². The highest BCUT2D eigenvalue weighted by molar-refractivity contribution is 8.01. The summed E-state index contributed by atoms with van der Waals surface area (Å²) >= 11 is 2.67. The number of hydrogen-bond acceptors (Lipinski definition) is 8. The molecular weight excluding hydrogens is 362 g/mol. The number of nitro groups is 1. The van der Waals surface area contributed by atoms with Crippen LogP contribution in [0.5, 0.6) is 0 Å². The number of aromatic nitrogens is 2. The third-order valence-corrected chi connectivity index (χ3v) is 5.80. The summed E-state index contributed by atoms with van der Waals surface area (Å²) in [6, 6.07) is 3.58. The molecule has 1 aromatic heterocycles. The van der Waals surface area contributed by atoms with E-state index in [1.807, 2.05) is 6.92 Å². The minimum absolute atomic E-state index is 0.103. The van der Waals surface area contributed by atoms with E-state index in [1.54, 1.807) is 13.0 Å². The first-order valence-corrected chi connectivity index (χ1v) is 9.51. The van der Waals surface area contributed by atoms with Crippen molar-refractivity contribution in [1.29, 1.82) is 0 Å². The summed E-state index contributed by atoms with van der Waals surface area (Å²) in [6.07, 6.45) is 2.30. The lowest BCUT2D eigenvalue weighted by atomic mass is 10.1. The van der Waals surface area contributed by atoms with Gasteiger partial charge in [0.25, 0.3) is 5.69 Å². The van der Waals surface area contributed by atoms with Crippen LogP contribution in [0.4, 0.5) is 16.5 Å². The van der Waals surface area contributed by atoms with Crippen LogP contribution in [0.3, 0.4) is 0 Å². The zero-order chi connectivity index (χ0) is 18.0. The van der Waals surface area contributed by atoms with E-state index >= 15 is 0 Å². The maximum Gasteiger partial charge on any atom is 0.293 e. The summed E-state index contributed by atoms with van der Waals surface area (Å²) in [5.41, 5.74) is 1.73. The largest absolute Gasteiger partial charge is 0.357 e. The van der Waals surface area contributed by atoms with Crippen molar-refractivity contribution in [2.24, 2.45) is 0 Å². The predicted molar refractivity (Wildman–Crippen MR) is 98.5 cm³/mol. The van der Waals surface area contributed by atoms with Crippen LogP contribution in [-0.2, 0) is 4.79 Å². The Labute approximate surface area is 152 Å². The van der Waals surface area contributed by atoms with Crippen LogP contribution in [0, 0.1) is 24.0 Å². The molecule has 1 aliphatic carbocycles. The number of carbonyl (C=O) groups excluding carboxylic acids is 1. The standard InChI is InChI=1S/C15H17N5O3S2/c1-8-3-6-11(20(22)23)13(9(8)2)17-12(21)7-24-15-19-18-14(25-15)16-10-4-5-10/h3,6,10H,4-5,7H2,1-2H3,(H,16,18)(H,17,21). The summed E-state index contributed by atoms with van der Waals surface area (Å²) in [7, 11) is 0. The van der Waals surface area contributed by atoms with Gasteiger partial charge < -0.3 is 10.6 Å². The predicted octanol–water partition coefficient (Wildman–Crippen LogP) is 3.37. The van der Waals surface area contributed by atoms with Gasteiger partial charge in [0.15, 0.2) is 4.34 Å². The molecule has 10 heteroatoms. The Kier molecular flexibility index (Phi) is 5.19. The average Bonchev–Trinajstić information content (AvgIpc) is 3.26. The summed E-state index contributed by atoms with van der Waals surface area (Å²) in [4.78, 5) is 22.9. The van der Waals surface area contributed by atoms with Gasteiger partial charge in [-0.15, -0.1) is 10.2 Å². The molecular formula is C15H17N5O3S2. The maximum absolute atomic E-state index is 12.2. The molecule has 3 rings (SSSR count). The lowest BCUT2D eigenvalue weighted by Gasteiger charge is -2.10. The fourth-order valence-electron chi connectivity index (χ4n) is 2.14. The number of amides is 1. The molecule has 2 aromatic rings. The third-order valence-electron chi connectivity index (χ3n) is 3.81. The quantitative estimate of drug-likeness (QED) is 0.431. The van der Waals surface area contributed by atoms with Crippen LogP contribution < -0.4 is 10.6 Å². The molecule has 1 saturated carbocycles. The molecule has 132 valence electrons. The molecule has 0 saturated heterocycles. The van der Waals surface area contributed by atoms with E-state index in [9.17, 15) is 14.9 Å². The Morgan fingerprint density at radius 2 is 2.16 bits per heavy atom. The maximum atomic E-state index is 12.2. The SMILES string of the molecule is Cc1ccc([N+](=O)[O-])c(NC(=O)CSc2nnc(NC3CC3)s2)c1C. The normalized spacial score (nSPS) is 13.5. The number of rotatable bonds is 7. The molecule has 2 N–H and O–H groups in total. The Morgan fingerprint density at radius 1 is 1.40 bits per heavy atom. The number of nitrogens with zero attached hydrogens (tertiary/aromatic N) is 3. The van der Waals surface area contributed by atoms with Crippen LogP contribution >= 0.6 is 23.1 Å². The van der Waals surface area contributed by atoms with Crippen molar-refractivity contribution in [2.45, 2.75) is 37.1 Å². The van der Waals surface area contributed by atoms with Crippen molar-refractivity contribution in [3.63, 3.8) is 0 Å². The molecule has 0 aliphatic heterocycles. The Hall–Kier alpha value is -2.20. The van der Waals surface area contributed by atoms with E-state index in [0.29, 0.717) is 15.9 Å². The molecule has 0 bridgehead atoms. The van der Waals surface area contributed by atoms with E-state index in [1.165, 1.54) is 29.2 Å². The lowest BCUT2D eigenvalue weighted by Crippen LogP contribution is -2.16. The van der Waals surface area contributed by atoms with Gasteiger partial charge in [-0.05, 0) is 37.8 Å². The number of nitrogens with one attached hydrogen (secondary N) is 2. The Bertz CT molecular complexity index is 819. The Balaban J connectivity index is 1.61. The highest BCUT2D eigenvalue weighted by Gasteiger charge is 2.23. The van der Waals surface area contributed by atoms with E-state index in [0.717, 1.165) is 23.5 Å². The lowest BCUT2D eigenvalue weighted by molar-refractivity contribution is -0.384. The van der Waals surface area contributed by atoms with E-state index < -0.39 is 4.92 Å². The molecule has 0 spiro atoms. The third kappa shape index (κ3) is 4.45. The first-order chi connectivity index (χ1) is 11.9. The van der Waals surface area contributed by atoms with Crippen LogP contribution in [-0.4, -0.2) is 32.8 Å². The van der Waals surface area contributed by atoms with Gasteiger partial charge in [0.05, 0.1) is 10.7 Å². The minimum atomic E-state index is -0.490. The van der Waals surface area contributed by atoms with E-state index in [2.05, 4.69) is 20.8 Å². The monoisotopic (exact) mass is 379 g/mol. The number of benzene rings is 1. The number of carbonyl (C=O) groups is 1. The van der Waals surface area contributed by atoms with Gasteiger partial charge in [-0.25, -0.2) is 0 Å².